The van der Waals surface area contributed by atoms with Crippen molar-refractivity contribution in [2.75, 3.05) is 33.7 Å². The molecule has 3 atom stereocenters. The van der Waals surface area contributed by atoms with Crippen LogP contribution in [-0.2, 0) is 4.79 Å². The first-order valence-electron chi connectivity index (χ1n) is 7.41. The third-order valence-corrected chi connectivity index (χ3v) is 4.69. The topological polar surface area (TPSA) is 43.8 Å². The summed E-state index contributed by atoms with van der Waals surface area (Å²) in [5, 5.41) is 9.88. The van der Waals surface area contributed by atoms with E-state index in [1.165, 1.54) is 0 Å². The summed E-state index contributed by atoms with van der Waals surface area (Å²) in [6.45, 7) is 6.64. The number of aliphatic hydroxyl groups is 1. The Bertz CT molecular complexity index is 341. The van der Waals surface area contributed by atoms with E-state index in [2.05, 4.69) is 37.7 Å². The lowest BCUT2D eigenvalue weighted by atomic mass is 9.89. The molecule has 3 unspecified atom stereocenters. The summed E-state index contributed by atoms with van der Waals surface area (Å²) in [6.07, 6.45) is 2.62. The second kappa shape index (κ2) is 5.51. The second-order valence-electron chi connectivity index (χ2n) is 7.24. The van der Waals surface area contributed by atoms with Crippen molar-refractivity contribution in [3.63, 3.8) is 0 Å². The van der Waals surface area contributed by atoms with Crippen LogP contribution in [0.1, 0.15) is 33.1 Å². The predicted molar refractivity (Wildman–Crippen MR) is 76.1 cm³/mol. The van der Waals surface area contributed by atoms with Crippen LogP contribution in [0.3, 0.4) is 0 Å². The number of ketones is 1. The fourth-order valence-electron chi connectivity index (χ4n) is 3.59. The van der Waals surface area contributed by atoms with Crippen molar-refractivity contribution < 1.29 is 9.90 Å². The van der Waals surface area contributed by atoms with Crippen LogP contribution in [0.25, 0.3) is 0 Å². The highest BCUT2D eigenvalue weighted by molar-refractivity contribution is 5.88. The van der Waals surface area contributed by atoms with Crippen LogP contribution in [0.2, 0.25) is 0 Å². The lowest BCUT2D eigenvalue weighted by molar-refractivity contribution is -0.128. The number of β-amino-alcohol motifs (C(OH)–C–C–N with tert-alkyl or cyclic N) is 1. The quantitative estimate of drug-likeness (QED) is 0.826. The van der Waals surface area contributed by atoms with E-state index in [4.69, 9.17) is 0 Å². The molecule has 0 aromatic rings. The highest BCUT2D eigenvalue weighted by Crippen LogP contribution is 2.38. The van der Waals surface area contributed by atoms with Crippen molar-refractivity contribution in [3.8, 4) is 0 Å². The van der Waals surface area contributed by atoms with E-state index in [1.807, 2.05) is 0 Å². The van der Waals surface area contributed by atoms with Crippen LogP contribution in [0, 0.1) is 11.3 Å². The predicted octanol–water partition coefficient (Wildman–Crippen LogP) is 0.988. The normalized spacial score (nSPS) is 35.5. The number of hydrogen-bond acceptors (Lipinski definition) is 4. The molecule has 1 aliphatic carbocycles. The summed E-state index contributed by atoms with van der Waals surface area (Å²) < 4.78 is 0. The molecule has 1 saturated carbocycles. The zero-order valence-corrected chi connectivity index (χ0v) is 12.7. The van der Waals surface area contributed by atoms with Crippen LogP contribution in [0.15, 0.2) is 0 Å². The number of likely N-dealkylation sites (N-methyl/N-ethyl adjacent to an activating group) is 1. The third kappa shape index (κ3) is 3.36. The van der Waals surface area contributed by atoms with Crippen LogP contribution >= 0.6 is 0 Å². The maximum atomic E-state index is 12.3. The Balaban J connectivity index is 1.96. The molecule has 2 rings (SSSR count). The first-order chi connectivity index (χ1) is 8.79. The highest BCUT2D eigenvalue weighted by atomic mass is 16.3. The summed E-state index contributed by atoms with van der Waals surface area (Å²) >= 11 is 0. The fourth-order valence-corrected chi connectivity index (χ4v) is 3.59. The van der Waals surface area contributed by atoms with Gasteiger partial charge in [0.1, 0.15) is 5.78 Å². The minimum atomic E-state index is -0.227. The maximum absolute atomic E-state index is 12.3. The molecule has 0 spiro atoms. The van der Waals surface area contributed by atoms with Gasteiger partial charge in [-0.2, -0.15) is 0 Å². The Hall–Kier alpha value is -0.450. The Morgan fingerprint density at radius 2 is 2.11 bits per heavy atom. The molecule has 0 amide bonds. The van der Waals surface area contributed by atoms with E-state index in [0.29, 0.717) is 11.8 Å². The van der Waals surface area contributed by atoms with E-state index < -0.39 is 0 Å². The minimum Gasteiger partial charge on any atom is -0.392 e. The Morgan fingerprint density at radius 1 is 1.42 bits per heavy atom. The van der Waals surface area contributed by atoms with E-state index in [-0.39, 0.29) is 17.4 Å². The van der Waals surface area contributed by atoms with Gasteiger partial charge in [0.05, 0.1) is 6.10 Å². The zero-order chi connectivity index (χ0) is 14.2. The van der Waals surface area contributed by atoms with Gasteiger partial charge in [0, 0.05) is 37.0 Å². The first kappa shape index (κ1) is 14.9. The molecule has 0 radical (unpaired) electrons. The van der Waals surface area contributed by atoms with Gasteiger partial charge in [-0.15, -0.1) is 0 Å². The average Bonchev–Trinajstić information content (AvgIpc) is 2.73. The standard InChI is InChI=1S/C15H28N2O2/c1-15(2)6-5-11(14(15)19)8-17-10-13(18)7-12(17)9-16(3)4/h11-13,18H,5-10H2,1-4H3. The van der Waals surface area contributed by atoms with Gasteiger partial charge in [-0.05, 0) is 33.4 Å². The van der Waals surface area contributed by atoms with Crippen LogP contribution in [0.5, 0.6) is 0 Å². The molecular weight excluding hydrogens is 240 g/mol. The molecule has 19 heavy (non-hydrogen) atoms. The van der Waals surface area contributed by atoms with Crippen LogP contribution in [0.4, 0.5) is 0 Å². The molecule has 4 nitrogen and oxygen atoms in total. The SMILES string of the molecule is CN(C)CC1CC(O)CN1CC1CCC(C)(C)C1=O. The number of aliphatic hydroxyl groups excluding tert-OH is 1. The van der Waals surface area contributed by atoms with Gasteiger partial charge < -0.3 is 10.0 Å². The molecule has 1 aliphatic heterocycles. The van der Waals surface area contributed by atoms with Gasteiger partial charge in [0.2, 0.25) is 0 Å². The molecule has 0 bridgehead atoms. The van der Waals surface area contributed by atoms with Gasteiger partial charge in [0.25, 0.3) is 0 Å². The van der Waals surface area contributed by atoms with Crippen LogP contribution in [-0.4, -0.2) is 66.6 Å². The van der Waals surface area contributed by atoms with Crippen molar-refractivity contribution in [2.45, 2.75) is 45.3 Å². The lowest BCUT2D eigenvalue weighted by Crippen LogP contribution is -2.41. The Labute approximate surface area is 116 Å². The summed E-state index contributed by atoms with van der Waals surface area (Å²) in [5.74, 6) is 0.586. The lowest BCUT2D eigenvalue weighted by Gasteiger charge is -2.29. The number of hydrogen-bond donors (Lipinski definition) is 1. The van der Waals surface area contributed by atoms with E-state index in [1.54, 1.807) is 0 Å². The maximum Gasteiger partial charge on any atom is 0.142 e. The summed E-state index contributed by atoms with van der Waals surface area (Å²) in [6, 6.07) is 0.390. The molecule has 1 heterocycles. The molecule has 1 N–H and O–H groups in total. The number of carbonyl (C=O) groups excluding carboxylic acids is 1. The molecule has 1 saturated heterocycles. The van der Waals surface area contributed by atoms with Gasteiger partial charge in [-0.3, -0.25) is 9.69 Å². The van der Waals surface area contributed by atoms with Crippen molar-refractivity contribution >= 4 is 5.78 Å². The number of rotatable bonds is 4. The van der Waals surface area contributed by atoms with Gasteiger partial charge in [-0.1, -0.05) is 13.8 Å². The Morgan fingerprint density at radius 3 is 2.63 bits per heavy atom. The Kier molecular flexibility index (Phi) is 4.33. The molecular formula is C15H28N2O2. The monoisotopic (exact) mass is 268 g/mol. The fraction of sp³-hybridized carbons (Fsp3) is 0.933. The number of Topliss-reactive ketones (excluding diaryl/α,β-unsaturated/α-hetero) is 1. The summed E-state index contributed by atoms with van der Waals surface area (Å²) in [7, 11) is 4.12. The van der Waals surface area contributed by atoms with Crippen molar-refractivity contribution in [2.24, 2.45) is 11.3 Å². The summed E-state index contributed by atoms with van der Waals surface area (Å²) in [4.78, 5) is 16.8. The second-order valence-corrected chi connectivity index (χ2v) is 7.24. The first-order valence-corrected chi connectivity index (χ1v) is 7.41. The minimum absolute atomic E-state index is 0.139. The van der Waals surface area contributed by atoms with Gasteiger partial charge >= 0.3 is 0 Å². The molecule has 2 aliphatic rings. The largest absolute Gasteiger partial charge is 0.392 e. The smallest absolute Gasteiger partial charge is 0.142 e. The third-order valence-electron chi connectivity index (χ3n) is 4.69. The zero-order valence-electron chi connectivity index (χ0n) is 12.7. The van der Waals surface area contributed by atoms with Crippen molar-refractivity contribution in [1.82, 2.24) is 9.80 Å². The molecule has 4 heteroatoms. The van der Waals surface area contributed by atoms with Crippen molar-refractivity contribution in [1.29, 1.82) is 0 Å². The molecule has 0 aromatic carbocycles. The van der Waals surface area contributed by atoms with Crippen molar-refractivity contribution in [3.05, 3.63) is 0 Å². The van der Waals surface area contributed by atoms with Gasteiger partial charge in [0.15, 0.2) is 0 Å². The van der Waals surface area contributed by atoms with E-state index in [9.17, 15) is 9.90 Å². The van der Waals surface area contributed by atoms with Crippen LogP contribution < -0.4 is 0 Å². The number of carbonyl (C=O) groups is 1. The van der Waals surface area contributed by atoms with E-state index >= 15 is 0 Å². The summed E-state index contributed by atoms with van der Waals surface area (Å²) in [5.41, 5.74) is -0.139. The molecule has 110 valence electrons. The molecule has 0 aromatic heterocycles. The van der Waals surface area contributed by atoms with Gasteiger partial charge in [-0.25, -0.2) is 0 Å². The number of nitrogens with zero attached hydrogens (tertiary/aromatic N) is 2. The molecule has 2 fully saturated rings. The van der Waals surface area contributed by atoms with E-state index in [0.717, 1.165) is 38.9 Å². The average molecular weight is 268 g/mol. The highest BCUT2D eigenvalue weighted by Gasteiger charge is 2.42. The number of likely N-dealkylation sites (tertiary alicyclic amines) is 1.